The maximum Gasteiger partial charge on any atom is 0.416 e. The highest BCUT2D eigenvalue weighted by Crippen LogP contribution is 2.31. The summed E-state index contributed by atoms with van der Waals surface area (Å²) in [6.45, 7) is 0. The van der Waals surface area contributed by atoms with Crippen LogP contribution in [0, 0.1) is 0 Å². The first-order chi connectivity index (χ1) is 10.9. The molecule has 23 heavy (non-hydrogen) atoms. The van der Waals surface area contributed by atoms with Crippen molar-refractivity contribution < 1.29 is 13.2 Å². The van der Waals surface area contributed by atoms with Crippen LogP contribution in [0.5, 0.6) is 0 Å². The average molecular weight is 319 g/mol. The number of aromatic amines is 1. The number of fused-ring (bicyclic) bond motifs is 2. The zero-order valence-corrected chi connectivity index (χ0v) is 11.4. The minimum Gasteiger partial charge on any atom is -0.305 e. The van der Waals surface area contributed by atoms with Gasteiger partial charge in [0.1, 0.15) is 0 Å². The summed E-state index contributed by atoms with van der Waals surface area (Å²) in [6, 6.07) is 6.41. The molecule has 0 spiro atoms. The molecule has 0 bridgehead atoms. The molecule has 1 aromatic carbocycles. The molecule has 0 unspecified atom stereocenters. The highest BCUT2D eigenvalue weighted by Gasteiger charge is 2.31. The molecule has 3 heterocycles. The summed E-state index contributed by atoms with van der Waals surface area (Å²) < 4.78 is 41.3. The number of nitrogens with zero attached hydrogens (tertiary/aromatic N) is 4. The van der Waals surface area contributed by atoms with Gasteiger partial charge in [0, 0.05) is 0 Å². The van der Waals surface area contributed by atoms with E-state index in [0.717, 1.165) is 12.1 Å². The predicted molar refractivity (Wildman–Crippen MR) is 75.4 cm³/mol. The third-order valence-corrected chi connectivity index (χ3v) is 3.55. The monoisotopic (exact) mass is 319 g/mol. The number of hydrogen-bond donors (Lipinski definition) is 1. The molecule has 0 aliphatic heterocycles. The topological polar surface area (TPSA) is 68.0 Å². The van der Waals surface area contributed by atoms with E-state index < -0.39 is 17.4 Å². The van der Waals surface area contributed by atoms with Crippen molar-refractivity contribution in [1.29, 1.82) is 0 Å². The first kappa shape index (κ1) is 13.6. The van der Waals surface area contributed by atoms with Gasteiger partial charge in [0.25, 0.3) is 0 Å². The molecule has 4 rings (SSSR count). The van der Waals surface area contributed by atoms with Crippen molar-refractivity contribution >= 4 is 16.6 Å². The smallest absolute Gasteiger partial charge is 0.305 e. The van der Waals surface area contributed by atoms with E-state index in [2.05, 4.69) is 15.3 Å². The standard InChI is InChI=1S/C14H8F3N5O/c15-14(16,17)8-1-4-11-12(5-8)22(13(23)19-11)10-3-2-9-6-18-20-21(9)7-10/h1-7H,(H,19,23). The van der Waals surface area contributed by atoms with Gasteiger partial charge in [-0.25, -0.2) is 9.31 Å². The third kappa shape index (κ3) is 2.08. The Labute approximate surface area is 125 Å². The summed E-state index contributed by atoms with van der Waals surface area (Å²) >= 11 is 0. The highest BCUT2D eigenvalue weighted by molar-refractivity contribution is 5.78. The van der Waals surface area contributed by atoms with E-state index in [-0.39, 0.29) is 5.52 Å². The zero-order chi connectivity index (χ0) is 16.2. The van der Waals surface area contributed by atoms with Gasteiger partial charge in [-0.1, -0.05) is 5.21 Å². The third-order valence-electron chi connectivity index (χ3n) is 3.55. The van der Waals surface area contributed by atoms with Gasteiger partial charge in [0.05, 0.1) is 40.2 Å². The summed E-state index contributed by atoms with van der Waals surface area (Å²) in [4.78, 5) is 14.7. The Morgan fingerprint density at radius 2 is 1.96 bits per heavy atom. The number of rotatable bonds is 1. The van der Waals surface area contributed by atoms with Crippen molar-refractivity contribution in [3.8, 4) is 5.69 Å². The Kier molecular flexibility index (Phi) is 2.62. The van der Waals surface area contributed by atoms with E-state index >= 15 is 0 Å². The SMILES string of the molecule is O=c1[nH]c2ccc(C(F)(F)F)cc2n1-c1ccc2cnnn2c1. The Bertz CT molecular complexity index is 1090. The molecule has 3 aromatic heterocycles. The van der Waals surface area contributed by atoms with Gasteiger partial charge in [-0.05, 0) is 30.3 Å². The molecule has 6 nitrogen and oxygen atoms in total. The van der Waals surface area contributed by atoms with Crippen LogP contribution in [0.15, 0.2) is 47.5 Å². The predicted octanol–water partition coefficient (Wildman–Crippen LogP) is 2.38. The minimum absolute atomic E-state index is 0.143. The number of hydrogen-bond acceptors (Lipinski definition) is 3. The normalized spacial score (nSPS) is 12.3. The second-order valence-electron chi connectivity index (χ2n) is 4.99. The fourth-order valence-corrected chi connectivity index (χ4v) is 2.48. The molecule has 116 valence electrons. The zero-order valence-electron chi connectivity index (χ0n) is 11.4. The van der Waals surface area contributed by atoms with Crippen LogP contribution in [0.1, 0.15) is 5.56 Å². The lowest BCUT2D eigenvalue weighted by atomic mass is 10.2. The van der Waals surface area contributed by atoms with Crippen LogP contribution >= 0.6 is 0 Å². The molecule has 0 saturated heterocycles. The van der Waals surface area contributed by atoms with Crippen molar-refractivity contribution in [2.45, 2.75) is 6.18 Å². The number of H-pyrrole nitrogens is 1. The van der Waals surface area contributed by atoms with E-state index in [9.17, 15) is 18.0 Å². The van der Waals surface area contributed by atoms with E-state index in [1.807, 2.05) is 0 Å². The summed E-state index contributed by atoms with van der Waals surface area (Å²) in [5.74, 6) is 0. The Morgan fingerprint density at radius 1 is 1.13 bits per heavy atom. The van der Waals surface area contributed by atoms with Crippen molar-refractivity contribution in [3.63, 3.8) is 0 Å². The lowest BCUT2D eigenvalue weighted by Crippen LogP contribution is -2.15. The van der Waals surface area contributed by atoms with Gasteiger partial charge in [0.15, 0.2) is 0 Å². The number of halogens is 3. The van der Waals surface area contributed by atoms with Gasteiger partial charge in [-0.15, -0.1) is 5.10 Å². The maximum absolute atomic E-state index is 12.9. The van der Waals surface area contributed by atoms with E-state index in [1.54, 1.807) is 12.1 Å². The van der Waals surface area contributed by atoms with Crippen LogP contribution in [-0.2, 0) is 6.18 Å². The highest BCUT2D eigenvalue weighted by atomic mass is 19.4. The van der Waals surface area contributed by atoms with Crippen molar-refractivity contribution in [3.05, 3.63) is 58.8 Å². The van der Waals surface area contributed by atoms with Crippen LogP contribution in [-0.4, -0.2) is 24.4 Å². The lowest BCUT2D eigenvalue weighted by molar-refractivity contribution is -0.137. The van der Waals surface area contributed by atoms with Crippen LogP contribution in [0.4, 0.5) is 13.2 Å². The summed E-state index contributed by atoms with van der Waals surface area (Å²) in [5.41, 5.74) is 0.209. The van der Waals surface area contributed by atoms with Gasteiger partial charge in [-0.3, -0.25) is 4.57 Å². The minimum atomic E-state index is -4.48. The van der Waals surface area contributed by atoms with Crippen molar-refractivity contribution in [1.82, 2.24) is 24.4 Å². The van der Waals surface area contributed by atoms with Crippen LogP contribution in [0.3, 0.4) is 0 Å². The van der Waals surface area contributed by atoms with Crippen molar-refractivity contribution in [2.24, 2.45) is 0 Å². The van der Waals surface area contributed by atoms with Crippen LogP contribution in [0.2, 0.25) is 0 Å². The fraction of sp³-hybridized carbons (Fsp3) is 0.0714. The van der Waals surface area contributed by atoms with Crippen LogP contribution in [0.25, 0.3) is 22.2 Å². The van der Waals surface area contributed by atoms with E-state index in [4.69, 9.17) is 0 Å². The summed E-state index contributed by atoms with van der Waals surface area (Å²) in [7, 11) is 0. The quantitative estimate of drug-likeness (QED) is 0.586. The first-order valence-electron chi connectivity index (χ1n) is 6.56. The average Bonchev–Trinajstić information content (AvgIpc) is 3.07. The Morgan fingerprint density at radius 3 is 2.74 bits per heavy atom. The fourth-order valence-electron chi connectivity index (χ4n) is 2.48. The molecule has 1 N–H and O–H groups in total. The molecule has 4 aromatic rings. The molecular formula is C14H8F3N5O. The second kappa shape index (κ2) is 4.45. The van der Waals surface area contributed by atoms with Crippen LogP contribution < -0.4 is 5.69 Å². The Balaban J connectivity index is 2.01. The van der Waals surface area contributed by atoms with E-state index in [0.29, 0.717) is 16.7 Å². The summed E-state index contributed by atoms with van der Waals surface area (Å²) in [6.07, 6.45) is -1.43. The number of benzene rings is 1. The number of pyridine rings is 1. The second-order valence-corrected chi connectivity index (χ2v) is 4.99. The van der Waals surface area contributed by atoms with Gasteiger partial charge < -0.3 is 4.98 Å². The maximum atomic E-state index is 12.9. The largest absolute Gasteiger partial charge is 0.416 e. The molecule has 0 atom stereocenters. The molecule has 0 aliphatic rings. The molecular weight excluding hydrogens is 311 g/mol. The number of aromatic nitrogens is 5. The van der Waals surface area contributed by atoms with Gasteiger partial charge in [0.2, 0.25) is 0 Å². The Hall–Kier alpha value is -3.10. The molecule has 0 radical (unpaired) electrons. The van der Waals surface area contributed by atoms with Gasteiger partial charge in [-0.2, -0.15) is 13.2 Å². The molecule has 0 fully saturated rings. The molecule has 0 aliphatic carbocycles. The number of nitrogens with one attached hydrogen (secondary N) is 1. The summed E-state index contributed by atoms with van der Waals surface area (Å²) in [5, 5.41) is 7.54. The van der Waals surface area contributed by atoms with E-state index in [1.165, 1.54) is 27.5 Å². The molecule has 0 amide bonds. The molecule has 9 heteroatoms. The number of imidazole rings is 1. The molecule has 0 saturated carbocycles. The lowest BCUT2D eigenvalue weighted by Gasteiger charge is -2.08. The number of alkyl halides is 3. The first-order valence-corrected chi connectivity index (χ1v) is 6.56. The van der Waals surface area contributed by atoms with Gasteiger partial charge >= 0.3 is 11.9 Å². The van der Waals surface area contributed by atoms with Crippen molar-refractivity contribution in [2.75, 3.05) is 0 Å².